The average molecular weight is 187 g/mol. The molecule has 2 aromatic rings. The number of ether oxygens (including phenoxy) is 1. The van der Waals surface area contributed by atoms with E-state index in [9.17, 15) is 5.11 Å². The fourth-order valence-corrected chi connectivity index (χ4v) is 0.991. The standard InChI is InChI=1S/C10H7N2O2/c13-10-11-7-6-9(12-10)14-8-4-2-1-3-5-8/h1-7H. The summed E-state index contributed by atoms with van der Waals surface area (Å²) in [6, 6.07) is 10.1. The topological polar surface area (TPSA) is 54.9 Å². The van der Waals surface area contributed by atoms with E-state index < -0.39 is 6.01 Å². The third-order valence-corrected chi connectivity index (χ3v) is 1.57. The second-order valence-corrected chi connectivity index (χ2v) is 2.59. The van der Waals surface area contributed by atoms with Crippen LogP contribution >= 0.6 is 0 Å². The average Bonchev–Trinajstić information content (AvgIpc) is 2.19. The molecule has 0 aliphatic heterocycles. The van der Waals surface area contributed by atoms with Gasteiger partial charge in [-0.25, -0.2) is 5.11 Å². The minimum atomic E-state index is -0.543. The summed E-state index contributed by atoms with van der Waals surface area (Å²) in [6.07, 6.45) is 1.37. The predicted molar refractivity (Wildman–Crippen MR) is 48.7 cm³/mol. The molecule has 4 heteroatoms. The molecule has 0 bridgehead atoms. The molecule has 0 N–H and O–H groups in total. The van der Waals surface area contributed by atoms with Crippen LogP contribution in [0, 0.1) is 0 Å². The Hall–Kier alpha value is -2.10. The number of hydrogen-bond donors (Lipinski definition) is 0. The van der Waals surface area contributed by atoms with Crippen molar-refractivity contribution in [1.29, 1.82) is 0 Å². The van der Waals surface area contributed by atoms with E-state index in [1.165, 1.54) is 12.3 Å². The van der Waals surface area contributed by atoms with Gasteiger partial charge in [0.1, 0.15) is 5.75 Å². The molecule has 69 valence electrons. The second-order valence-electron chi connectivity index (χ2n) is 2.59. The van der Waals surface area contributed by atoms with Crippen LogP contribution in [0.5, 0.6) is 17.6 Å². The Balaban J connectivity index is 2.19. The Morgan fingerprint density at radius 3 is 2.57 bits per heavy atom. The Kier molecular flexibility index (Phi) is 2.27. The fourth-order valence-electron chi connectivity index (χ4n) is 0.991. The number of nitrogens with zero attached hydrogens (tertiary/aromatic N) is 2. The maximum Gasteiger partial charge on any atom is 0.370 e. The van der Waals surface area contributed by atoms with Gasteiger partial charge in [-0.3, -0.25) is 0 Å². The predicted octanol–water partition coefficient (Wildman–Crippen LogP) is 2.41. The third-order valence-electron chi connectivity index (χ3n) is 1.57. The molecule has 0 amide bonds. The van der Waals surface area contributed by atoms with E-state index in [1.807, 2.05) is 18.2 Å². The number of rotatable bonds is 2. The molecule has 1 aromatic heterocycles. The molecule has 0 saturated carbocycles. The van der Waals surface area contributed by atoms with Crippen molar-refractivity contribution in [3.05, 3.63) is 42.6 Å². The zero-order valence-electron chi connectivity index (χ0n) is 7.25. The summed E-state index contributed by atoms with van der Waals surface area (Å²) in [4.78, 5) is 7.01. The Morgan fingerprint density at radius 2 is 1.86 bits per heavy atom. The maximum absolute atomic E-state index is 10.8. The van der Waals surface area contributed by atoms with Crippen LogP contribution in [-0.2, 0) is 5.11 Å². The van der Waals surface area contributed by atoms with Gasteiger partial charge < -0.3 is 4.74 Å². The molecular formula is C10H7N2O2. The zero-order valence-corrected chi connectivity index (χ0v) is 7.25. The molecule has 1 radical (unpaired) electrons. The van der Waals surface area contributed by atoms with Gasteiger partial charge in [0, 0.05) is 12.3 Å². The first-order valence-corrected chi connectivity index (χ1v) is 4.07. The summed E-state index contributed by atoms with van der Waals surface area (Å²) in [5, 5.41) is 10.8. The molecule has 1 heterocycles. The van der Waals surface area contributed by atoms with Crippen LogP contribution in [0.3, 0.4) is 0 Å². The van der Waals surface area contributed by atoms with Gasteiger partial charge in [0.2, 0.25) is 5.88 Å². The van der Waals surface area contributed by atoms with Crippen molar-refractivity contribution in [2.45, 2.75) is 0 Å². The highest BCUT2D eigenvalue weighted by Gasteiger charge is 2.00. The van der Waals surface area contributed by atoms with Crippen molar-refractivity contribution in [2.75, 3.05) is 0 Å². The van der Waals surface area contributed by atoms with E-state index in [4.69, 9.17) is 4.74 Å². The van der Waals surface area contributed by atoms with E-state index in [0.29, 0.717) is 5.75 Å². The van der Waals surface area contributed by atoms with Crippen molar-refractivity contribution in [3.8, 4) is 17.6 Å². The van der Waals surface area contributed by atoms with Gasteiger partial charge in [0.15, 0.2) is 0 Å². The third kappa shape index (κ3) is 1.98. The summed E-state index contributed by atoms with van der Waals surface area (Å²) >= 11 is 0. The molecule has 0 spiro atoms. The van der Waals surface area contributed by atoms with Gasteiger partial charge in [0.05, 0.1) is 0 Å². The lowest BCUT2D eigenvalue weighted by molar-refractivity contribution is 0.311. The second kappa shape index (κ2) is 3.74. The summed E-state index contributed by atoms with van der Waals surface area (Å²) in [5.41, 5.74) is 0. The number of para-hydroxylation sites is 1. The normalized spacial score (nSPS) is 9.71. The quantitative estimate of drug-likeness (QED) is 0.725. The van der Waals surface area contributed by atoms with E-state index in [-0.39, 0.29) is 5.88 Å². The summed E-state index contributed by atoms with van der Waals surface area (Å²) in [5.74, 6) is 0.904. The maximum atomic E-state index is 10.8. The van der Waals surface area contributed by atoms with E-state index in [0.717, 1.165) is 0 Å². The smallest absolute Gasteiger partial charge is 0.370 e. The van der Waals surface area contributed by atoms with Crippen LogP contribution in [0.1, 0.15) is 0 Å². The highest BCUT2D eigenvalue weighted by Crippen LogP contribution is 2.18. The molecule has 0 fully saturated rings. The molecular weight excluding hydrogens is 180 g/mol. The van der Waals surface area contributed by atoms with Gasteiger partial charge in [-0.15, -0.1) is 0 Å². The van der Waals surface area contributed by atoms with Gasteiger partial charge in [-0.05, 0) is 12.1 Å². The lowest BCUT2D eigenvalue weighted by atomic mass is 10.3. The Morgan fingerprint density at radius 1 is 1.07 bits per heavy atom. The van der Waals surface area contributed by atoms with Gasteiger partial charge >= 0.3 is 6.01 Å². The molecule has 0 atom stereocenters. The zero-order chi connectivity index (χ0) is 9.80. The fraction of sp³-hybridized carbons (Fsp3) is 0. The first-order valence-electron chi connectivity index (χ1n) is 4.07. The number of hydrogen-bond acceptors (Lipinski definition) is 3. The number of benzene rings is 1. The summed E-state index contributed by atoms with van der Waals surface area (Å²) in [6.45, 7) is 0. The molecule has 0 unspecified atom stereocenters. The highest BCUT2D eigenvalue weighted by molar-refractivity contribution is 5.26. The SMILES string of the molecule is [O]c1nccc(Oc2ccccc2)n1. The number of aromatic nitrogens is 2. The molecule has 0 aliphatic rings. The van der Waals surface area contributed by atoms with E-state index in [1.54, 1.807) is 12.1 Å². The summed E-state index contributed by atoms with van der Waals surface area (Å²) < 4.78 is 5.31. The highest BCUT2D eigenvalue weighted by atomic mass is 16.5. The van der Waals surface area contributed by atoms with Crippen LogP contribution in [0.4, 0.5) is 0 Å². The van der Waals surface area contributed by atoms with Crippen LogP contribution in [-0.4, -0.2) is 9.97 Å². The van der Waals surface area contributed by atoms with Gasteiger partial charge in [-0.1, -0.05) is 18.2 Å². The summed E-state index contributed by atoms with van der Waals surface area (Å²) in [7, 11) is 0. The Bertz CT molecular complexity index is 417. The molecule has 0 aliphatic carbocycles. The van der Waals surface area contributed by atoms with Crippen LogP contribution < -0.4 is 4.74 Å². The first kappa shape index (κ1) is 8.50. The minimum Gasteiger partial charge on any atom is -0.439 e. The van der Waals surface area contributed by atoms with Crippen molar-refractivity contribution >= 4 is 0 Å². The van der Waals surface area contributed by atoms with Crippen molar-refractivity contribution in [1.82, 2.24) is 9.97 Å². The van der Waals surface area contributed by atoms with Gasteiger partial charge in [0.25, 0.3) is 0 Å². The minimum absolute atomic E-state index is 0.260. The molecule has 0 saturated heterocycles. The van der Waals surface area contributed by atoms with Crippen LogP contribution in [0.2, 0.25) is 0 Å². The lowest BCUT2D eigenvalue weighted by Gasteiger charge is -2.02. The van der Waals surface area contributed by atoms with Crippen molar-refractivity contribution in [3.63, 3.8) is 0 Å². The Labute approximate surface area is 80.8 Å². The largest absolute Gasteiger partial charge is 0.439 e. The lowest BCUT2D eigenvalue weighted by Crippen LogP contribution is -1.87. The van der Waals surface area contributed by atoms with E-state index in [2.05, 4.69) is 9.97 Å². The van der Waals surface area contributed by atoms with Crippen molar-refractivity contribution in [2.24, 2.45) is 0 Å². The van der Waals surface area contributed by atoms with Crippen LogP contribution in [0.15, 0.2) is 42.6 Å². The first-order chi connectivity index (χ1) is 6.84. The monoisotopic (exact) mass is 187 g/mol. The van der Waals surface area contributed by atoms with Crippen LogP contribution in [0.25, 0.3) is 0 Å². The molecule has 1 aromatic carbocycles. The molecule has 14 heavy (non-hydrogen) atoms. The molecule has 2 rings (SSSR count). The van der Waals surface area contributed by atoms with E-state index >= 15 is 0 Å². The van der Waals surface area contributed by atoms with Gasteiger partial charge in [-0.2, -0.15) is 9.97 Å². The van der Waals surface area contributed by atoms with Crippen molar-refractivity contribution < 1.29 is 9.84 Å². The molecule has 4 nitrogen and oxygen atoms in total.